The average molecular weight is 402 g/mol. The second kappa shape index (κ2) is 10.7. The lowest BCUT2D eigenvalue weighted by Gasteiger charge is -2.10. The number of ether oxygens (including phenoxy) is 2. The summed E-state index contributed by atoms with van der Waals surface area (Å²) in [4.78, 5) is 23.0. The number of anilines is 2. The molecule has 0 saturated heterocycles. The zero-order valence-electron chi connectivity index (χ0n) is 15.5. The first kappa shape index (κ1) is 20.9. The van der Waals surface area contributed by atoms with Crippen LogP contribution in [0.2, 0.25) is 5.02 Å². The van der Waals surface area contributed by atoms with E-state index in [1.54, 1.807) is 42.5 Å². The zero-order chi connectivity index (χ0) is 20.4. The summed E-state index contributed by atoms with van der Waals surface area (Å²) in [7, 11) is 1.50. The maximum atomic E-state index is 11.9. The summed E-state index contributed by atoms with van der Waals surface area (Å²) >= 11 is 5.92. The summed E-state index contributed by atoms with van der Waals surface area (Å²) in [6.07, 6.45) is 0. The summed E-state index contributed by atoms with van der Waals surface area (Å²) in [6, 6.07) is 11.5. The number of amides is 3. The third-order valence-electron chi connectivity index (χ3n) is 3.34. The van der Waals surface area contributed by atoms with Gasteiger partial charge in [-0.05, 0) is 30.3 Å². The van der Waals surface area contributed by atoms with Crippen molar-refractivity contribution in [1.82, 2.24) is 5.32 Å². The molecule has 0 saturated carbocycles. The summed E-state index contributed by atoms with van der Waals surface area (Å²) in [5, 5.41) is 8.41. The average Bonchev–Trinajstić information content (AvgIpc) is 2.64. The van der Waals surface area contributed by atoms with Crippen LogP contribution in [0.1, 0.15) is 6.92 Å². The minimum absolute atomic E-state index is 0.143. The van der Waals surface area contributed by atoms with Gasteiger partial charge in [0.2, 0.25) is 5.91 Å². The molecule has 0 unspecified atom stereocenters. The molecule has 0 aliphatic carbocycles. The fourth-order valence-electron chi connectivity index (χ4n) is 2.17. The fraction of sp³-hybridized carbons (Fsp3) is 0.200. The molecule has 8 heteroatoms. The first-order valence-corrected chi connectivity index (χ1v) is 8.70. The van der Waals surface area contributed by atoms with Gasteiger partial charge in [-0.15, -0.1) is 0 Å². The van der Waals surface area contributed by atoms with Crippen LogP contribution < -0.4 is 25.4 Å². The number of urea groups is 1. The summed E-state index contributed by atoms with van der Waals surface area (Å²) < 4.78 is 10.7. The highest BCUT2D eigenvalue weighted by Crippen LogP contribution is 2.27. The molecule has 0 aromatic heterocycles. The Labute approximate surface area is 168 Å². The third-order valence-corrected chi connectivity index (χ3v) is 3.57. The lowest BCUT2D eigenvalue weighted by atomic mass is 10.3. The maximum absolute atomic E-state index is 11.9. The largest absolute Gasteiger partial charge is 0.495 e. The summed E-state index contributed by atoms with van der Waals surface area (Å²) in [6.45, 7) is 1.73. The van der Waals surface area contributed by atoms with Crippen molar-refractivity contribution in [2.45, 2.75) is 6.92 Å². The molecule has 3 N–H and O–H groups in total. The highest BCUT2D eigenvalue weighted by molar-refractivity contribution is 6.31. The Kier molecular flexibility index (Phi) is 8.00. The lowest BCUT2D eigenvalue weighted by molar-refractivity contribution is -0.114. The number of nitrogens with one attached hydrogen (secondary N) is 3. The van der Waals surface area contributed by atoms with Crippen LogP contribution in [0, 0.1) is 11.8 Å². The van der Waals surface area contributed by atoms with Crippen LogP contribution in [0.25, 0.3) is 0 Å². The molecule has 0 radical (unpaired) electrons. The van der Waals surface area contributed by atoms with E-state index in [-0.39, 0.29) is 19.1 Å². The van der Waals surface area contributed by atoms with Crippen LogP contribution in [-0.4, -0.2) is 32.2 Å². The number of hydrogen-bond acceptors (Lipinski definition) is 4. The van der Waals surface area contributed by atoms with Crippen molar-refractivity contribution in [1.29, 1.82) is 0 Å². The molecule has 0 fully saturated rings. The zero-order valence-corrected chi connectivity index (χ0v) is 16.2. The first-order valence-electron chi connectivity index (χ1n) is 8.32. The standard InChI is InChI=1S/C20H20ClN3O4/c1-14(25)23-16-6-5-7-17(13-16)28-11-4-3-10-22-20(26)24-18-12-15(21)8-9-19(18)27-2/h5-9,12-13H,10-11H2,1-2H3,(H,23,25)(H2,22,24,26). The van der Waals surface area contributed by atoms with E-state index in [1.165, 1.54) is 14.0 Å². The SMILES string of the molecule is COc1ccc(Cl)cc1NC(=O)NCC#CCOc1cccc(NC(C)=O)c1. The van der Waals surface area contributed by atoms with E-state index in [0.717, 1.165) is 0 Å². The normalized spacial score (nSPS) is 9.54. The quantitative estimate of drug-likeness (QED) is 0.646. The van der Waals surface area contributed by atoms with E-state index in [1.807, 2.05) is 0 Å². The first-order chi connectivity index (χ1) is 13.5. The van der Waals surface area contributed by atoms with Gasteiger partial charge in [0.1, 0.15) is 18.1 Å². The van der Waals surface area contributed by atoms with Crippen LogP contribution in [0.5, 0.6) is 11.5 Å². The summed E-state index contributed by atoms with van der Waals surface area (Å²) in [5.41, 5.74) is 1.11. The summed E-state index contributed by atoms with van der Waals surface area (Å²) in [5.74, 6) is 6.51. The number of methoxy groups -OCH3 is 1. The number of carbonyl (C=O) groups excluding carboxylic acids is 2. The van der Waals surface area contributed by atoms with E-state index in [9.17, 15) is 9.59 Å². The highest BCUT2D eigenvalue weighted by atomic mass is 35.5. The van der Waals surface area contributed by atoms with Gasteiger partial charge in [0.15, 0.2) is 0 Å². The van der Waals surface area contributed by atoms with Gasteiger partial charge in [0, 0.05) is 23.7 Å². The Bertz CT molecular complexity index is 906. The molecule has 3 amide bonds. The van der Waals surface area contributed by atoms with Gasteiger partial charge in [0.05, 0.1) is 19.3 Å². The van der Waals surface area contributed by atoms with Gasteiger partial charge in [-0.2, -0.15) is 0 Å². The number of carbonyl (C=O) groups is 2. The van der Waals surface area contributed by atoms with Crippen molar-refractivity contribution in [2.24, 2.45) is 0 Å². The Morgan fingerprint density at radius 1 is 1.11 bits per heavy atom. The van der Waals surface area contributed by atoms with E-state index < -0.39 is 6.03 Å². The van der Waals surface area contributed by atoms with Gasteiger partial charge >= 0.3 is 6.03 Å². The van der Waals surface area contributed by atoms with Crippen molar-refractivity contribution in [2.75, 3.05) is 30.9 Å². The molecular formula is C20H20ClN3O4. The van der Waals surface area contributed by atoms with Crippen molar-refractivity contribution in [3.05, 3.63) is 47.5 Å². The molecule has 0 aliphatic rings. The molecule has 2 rings (SSSR count). The molecule has 28 heavy (non-hydrogen) atoms. The molecule has 0 bridgehead atoms. The maximum Gasteiger partial charge on any atom is 0.320 e. The second-order valence-corrected chi connectivity index (χ2v) is 5.94. The highest BCUT2D eigenvalue weighted by Gasteiger charge is 2.07. The third kappa shape index (κ3) is 7.09. The predicted octanol–water partition coefficient (Wildman–Crippen LogP) is 3.51. The van der Waals surface area contributed by atoms with E-state index in [4.69, 9.17) is 21.1 Å². The molecule has 0 atom stereocenters. The van der Waals surface area contributed by atoms with Crippen LogP contribution in [0.15, 0.2) is 42.5 Å². The Morgan fingerprint density at radius 2 is 1.93 bits per heavy atom. The van der Waals surface area contributed by atoms with Crippen molar-refractivity contribution in [3.8, 4) is 23.3 Å². The van der Waals surface area contributed by atoms with Gasteiger partial charge in [-0.25, -0.2) is 4.79 Å². The van der Waals surface area contributed by atoms with Gasteiger partial charge in [-0.1, -0.05) is 29.5 Å². The van der Waals surface area contributed by atoms with Crippen LogP contribution in [0.4, 0.5) is 16.2 Å². The van der Waals surface area contributed by atoms with Crippen LogP contribution in [-0.2, 0) is 4.79 Å². The monoisotopic (exact) mass is 401 g/mol. The van der Waals surface area contributed by atoms with Crippen molar-refractivity contribution >= 4 is 34.9 Å². The van der Waals surface area contributed by atoms with Crippen molar-refractivity contribution in [3.63, 3.8) is 0 Å². The second-order valence-electron chi connectivity index (χ2n) is 5.50. The predicted molar refractivity (Wildman–Crippen MR) is 109 cm³/mol. The van der Waals surface area contributed by atoms with E-state index in [2.05, 4.69) is 27.8 Å². The van der Waals surface area contributed by atoms with E-state index >= 15 is 0 Å². The van der Waals surface area contributed by atoms with Crippen molar-refractivity contribution < 1.29 is 19.1 Å². The Morgan fingerprint density at radius 3 is 2.68 bits per heavy atom. The number of rotatable bonds is 6. The lowest BCUT2D eigenvalue weighted by Crippen LogP contribution is -2.29. The minimum atomic E-state index is -0.432. The Hall–Kier alpha value is -3.37. The molecule has 0 spiro atoms. The fourth-order valence-corrected chi connectivity index (χ4v) is 2.34. The molecular weight excluding hydrogens is 382 g/mol. The van der Waals surface area contributed by atoms with E-state index in [0.29, 0.717) is 27.9 Å². The molecule has 2 aromatic rings. The molecule has 2 aromatic carbocycles. The molecule has 0 aliphatic heterocycles. The Balaban J connectivity index is 1.76. The van der Waals surface area contributed by atoms with Crippen LogP contribution in [0.3, 0.4) is 0 Å². The smallest absolute Gasteiger partial charge is 0.320 e. The van der Waals surface area contributed by atoms with Gasteiger partial charge in [0.25, 0.3) is 0 Å². The minimum Gasteiger partial charge on any atom is -0.495 e. The molecule has 7 nitrogen and oxygen atoms in total. The molecule has 146 valence electrons. The topological polar surface area (TPSA) is 88.7 Å². The van der Waals surface area contributed by atoms with Gasteiger partial charge in [-0.3, -0.25) is 4.79 Å². The van der Waals surface area contributed by atoms with Gasteiger partial charge < -0.3 is 25.4 Å². The number of hydrogen-bond donors (Lipinski definition) is 3. The van der Waals surface area contributed by atoms with Crippen LogP contribution >= 0.6 is 11.6 Å². The number of halogens is 1. The number of benzene rings is 2. The molecule has 0 heterocycles.